The molecule has 3 heteroatoms. The topological polar surface area (TPSA) is 29.0 Å². The largest absolute Gasteiger partial charge is 0.334 e. The molecule has 1 aliphatic rings. The molecule has 0 aliphatic carbocycles. The highest BCUT2D eigenvalue weighted by molar-refractivity contribution is 5.42. The van der Waals surface area contributed by atoms with Gasteiger partial charge in [-0.3, -0.25) is 0 Å². The lowest BCUT2D eigenvalue weighted by Gasteiger charge is -2.37. The van der Waals surface area contributed by atoms with Crippen molar-refractivity contribution >= 4 is 5.95 Å². The third-order valence-corrected chi connectivity index (χ3v) is 4.53. The second-order valence-electron chi connectivity index (χ2n) is 6.05. The first-order chi connectivity index (χ1) is 10.2. The molecule has 1 aromatic carbocycles. The quantitative estimate of drug-likeness (QED) is 0.828. The monoisotopic (exact) mass is 281 g/mol. The number of hydrogen-bond acceptors (Lipinski definition) is 3. The van der Waals surface area contributed by atoms with Crippen LogP contribution in [0.1, 0.15) is 47.6 Å². The summed E-state index contributed by atoms with van der Waals surface area (Å²) in [6.45, 7) is 7.49. The van der Waals surface area contributed by atoms with Crippen molar-refractivity contribution in [2.45, 2.75) is 46.1 Å². The zero-order valence-corrected chi connectivity index (χ0v) is 13.1. The summed E-state index contributed by atoms with van der Waals surface area (Å²) in [6, 6.07) is 7.02. The van der Waals surface area contributed by atoms with Gasteiger partial charge in [0.15, 0.2) is 0 Å². The Kier molecular flexibility index (Phi) is 3.91. The van der Waals surface area contributed by atoms with Gasteiger partial charge < -0.3 is 4.90 Å². The van der Waals surface area contributed by atoms with E-state index in [1.165, 1.54) is 36.0 Å². The smallest absolute Gasteiger partial charge is 0.225 e. The molecule has 1 saturated heterocycles. The normalized spacial score (nSPS) is 18.8. The highest BCUT2D eigenvalue weighted by atomic mass is 15.3. The van der Waals surface area contributed by atoms with Crippen LogP contribution in [0.4, 0.5) is 5.95 Å². The maximum atomic E-state index is 4.54. The van der Waals surface area contributed by atoms with E-state index in [-0.39, 0.29) is 0 Å². The minimum Gasteiger partial charge on any atom is -0.334 e. The standard InChI is InChI=1S/C18H23N3/c1-13-11-19-18(20-12-13)21-10-5-4-9-17(21)16-8-6-7-14(2)15(16)3/h6-8,11-12,17H,4-5,9-10H2,1-3H3. The number of anilines is 1. The number of hydrogen-bond donors (Lipinski definition) is 0. The second kappa shape index (κ2) is 5.84. The molecule has 0 radical (unpaired) electrons. The van der Waals surface area contributed by atoms with E-state index in [0.29, 0.717) is 6.04 Å². The van der Waals surface area contributed by atoms with E-state index < -0.39 is 0 Å². The number of aromatic nitrogens is 2. The molecule has 1 atom stereocenters. The van der Waals surface area contributed by atoms with Gasteiger partial charge in [0.05, 0.1) is 6.04 Å². The lowest BCUT2D eigenvalue weighted by molar-refractivity contribution is 0.464. The van der Waals surface area contributed by atoms with E-state index in [1.807, 2.05) is 19.3 Å². The van der Waals surface area contributed by atoms with Crippen molar-refractivity contribution in [3.05, 3.63) is 52.8 Å². The molecule has 110 valence electrons. The average molecular weight is 281 g/mol. The summed E-state index contributed by atoms with van der Waals surface area (Å²) in [7, 11) is 0. The lowest BCUT2D eigenvalue weighted by atomic mass is 9.91. The summed E-state index contributed by atoms with van der Waals surface area (Å²) in [4.78, 5) is 11.5. The molecule has 21 heavy (non-hydrogen) atoms. The second-order valence-corrected chi connectivity index (χ2v) is 6.05. The molecule has 0 N–H and O–H groups in total. The Labute approximate surface area is 127 Å². The number of piperidine rings is 1. The number of rotatable bonds is 2. The summed E-state index contributed by atoms with van der Waals surface area (Å²) in [5.74, 6) is 0.867. The van der Waals surface area contributed by atoms with Crippen LogP contribution < -0.4 is 4.90 Å². The van der Waals surface area contributed by atoms with Crippen LogP contribution >= 0.6 is 0 Å². The van der Waals surface area contributed by atoms with Crippen LogP contribution in [0.3, 0.4) is 0 Å². The molecule has 1 fully saturated rings. The van der Waals surface area contributed by atoms with Gasteiger partial charge in [0.2, 0.25) is 5.95 Å². The molecule has 1 aliphatic heterocycles. The van der Waals surface area contributed by atoms with Gasteiger partial charge in [-0.2, -0.15) is 0 Å². The molecule has 0 saturated carbocycles. The van der Waals surface area contributed by atoms with Crippen LogP contribution in [-0.4, -0.2) is 16.5 Å². The van der Waals surface area contributed by atoms with Crippen molar-refractivity contribution in [2.24, 2.45) is 0 Å². The highest BCUT2D eigenvalue weighted by Crippen LogP contribution is 2.35. The van der Waals surface area contributed by atoms with Gasteiger partial charge >= 0.3 is 0 Å². The molecule has 2 heterocycles. The van der Waals surface area contributed by atoms with E-state index in [1.54, 1.807) is 0 Å². The fourth-order valence-corrected chi connectivity index (χ4v) is 3.16. The molecule has 2 aromatic rings. The van der Waals surface area contributed by atoms with Gasteiger partial charge in [0.25, 0.3) is 0 Å². The zero-order valence-electron chi connectivity index (χ0n) is 13.1. The molecule has 1 aromatic heterocycles. The molecule has 0 spiro atoms. The number of benzene rings is 1. The summed E-state index contributed by atoms with van der Waals surface area (Å²) in [5.41, 5.74) is 5.31. The third-order valence-electron chi connectivity index (χ3n) is 4.53. The van der Waals surface area contributed by atoms with Gasteiger partial charge in [0.1, 0.15) is 0 Å². The molecule has 1 unspecified atom stereocenters. The first-order valence-corrected chi connectivity index (χ1v) is 7.78. The summed E-state index contributed by atoms with van der Waals surface area (Å²) >= 11 is 0. The lowest BCUT2D eigenvalue weighted by Crippen LogP contribution is -2.35. The highest BCUT2D eigenvalue weighted by Gasteiger charge is 2.27. The summed E-state index contributed by atoms with van der Waals surface area (Å²) in [5, 5.41) is 0. The Morgan fingerprint density at radius 3 is 2.57 bits per heavy atom. The first kappa shape index (κ1) is 14.1. The Balaban J connectivity index is 1.98. The van der Waals surface area contributed by atoms with Crippen molar-refractivity contribution in [1.82, 2.24) is 9.97 Å². The van der Waals surface area contributed by atoms with E-state index in [4.69, 9.17) is 0 Å². The molecule has 3 nitrogen and oxygen atoms in total. The van der Waals surface area contributed by atoms with Crippen molar-refractivity contribution in [2.75, 3.05) is 11.4 Å². The Hall–Kier alpha value is -1.90. The van der Waals surface area contributed by atoms with Gasteiger partial charge in [-0.1, -0.05) is 18.2 Å². The van der Waals surface area contributed by atoms with Crippen molar-refractivity contribution in [3.63, 3.8) is 0 Å². The predicted octanol–water partition coefficient (Wildman–Crippen LogP) is 4.13. The zero-order chi connectivity index (χ0) is 14.8. The maximum Gasteiger partial charge on any atom is 0.225 e. The fraction of sp³-hybridized carbons (Fsp3) is 0.444. The van der Waals surface area contributed by atoms with Gasteiger partial charge in [-0.15, -0.1) is 0 Å². The van der Waals surface area contributed by atoms with Crippen LogP contribution in [0.2, 0.25) is 0 Å². The van der Waals surface area contributed by atoms with Crippen LogP contribution in [0, 0.1) is 20.8 Å². The maximum absolute atomic E-state index is 4.54. The summed E-state index contributed by atoms with van der Waals surface area (Å²) in [6.07, 6.45) is 7.51. The molecular weight excluding hydrogens is 258 g/mol. The Bertz CT molecular complexity index is 619. The van der Waals surface area contributed by atoms with Crippen molar-refractivity contribution in [3.8, 4) is 0 Å². The molecule has 3 rings (SSSR count). The minimum absolute atomic E-state index is 0.404. The van der Waals surface area contributed by atoms with E-state index in [2.05, 4.69) is 46.9 Å². The average Bonchev–Trinajstić information content (AvgIpc) is 2.51. The van der Waals surface area contributed by atoms with Crippen LogP contribution in [0.15, 0.2) is 30.6 Å². The van der Waals surface area contributed by atoms with Gasteiger partial charge in [0, 0.05) is 18.9 Å². The predicted molar refractivity (Wildman–Crippen MR) is 86.6 cm³/mol. The van der Waals surface area contributed by atoms with Crippen molar-refractivity contribution < 1.29 is 0 Å². The molecule has 0 bridgehead atoms. The third kappa shape index (κ3) is 2.78. The van der Waals surface area contributed by atoms with Crippen molar-refractivity contribution in [1.29, 1.82) is 0 Å². The van der Waals surface area contributed by atoms with Gasteiger partial charge in [-0.25, -0.2) is 9.97 Å². The van der Waals surface area contributed by atoms with Crippen LogP contribution in [0.5, 0.6) is 0 Å². The first-order valence-electron chi connectivity index (χ1n) is 7.78. The molecule has 0 amide bonds. The summed E-state index contributed by atoms with van der Waals surface area (Å²) < 4.78 is 0. The minimum atomic E-state index is 0.404. The number of nitrogens with zero attached hydrogens (tertiary/aromatic N) is 3. The Morgan fingerprint density at radius 2 is 1.81 bits per heavy atom. The van der Waals surface area contributed by atoms with E-state index in [0.717, 1.165) is 18.1 Å². The van der Waals surface area contributed by atoms with E-state index in [9.17, 15) is 0 Å². The van der Waals surface area contributed by atoms with Crippen LogP contribution in [0.25, 0.3) is 0 Å². The van der Waals surface area contributed by atoms with Gasteiger partial charge in [-0.05, 0) is 62.3 Å². The SMILES string of the molecule is Cc1cnc(N2CCCCC2c2cccc(C)c2C)nc1. The number of aryl methyl sites for hydroxylation is 2. The fourth-order valence-electron chi connectivity index (χ4n) is 3.16. The van der Waals surface area contributed by atoms with Crippen LogP contribution in [-0.2, 0) is 0 Å². The molecular formula is C18H23N3. The van der Waals surface area contributed by atoms with E-state index >= 15 is 0 Å². The Morgan fingerprint density at radius 1 is 1.05 bits per heavy atom.